The monoisotopic (exact) mass is 284 g/mol. The van der Waals surface area contributed by atoms with E-state index in [2.05, 4.69) is 0 Å². The number of benzene rings is 1. The van der Waals surface area contributed by atoms with Crippen molar-refractivity contribution in [3.8, 4) is 0 Å². The van der Waals surface area contributed by atoms with Crippen LogP contribution in [-0.2, 0) is 22.7 Å². The van der Waals surface area contributed by atoms with Gasteiger partial charge < -0.3 is 29.9 Å². The summed E-state index contributed by atoms with van der Waals surface area (Å²) >= 11 is 0. The van der Waals surface area contributed by atoms with Crippen LogP contribution in [0.2, 0.25) is 0 Å². The maximum atomic E-state index is 9.81. The Morgan fingerprint density at radius 1 is 0.900 bits per heavy atom. The molecule has 0 fully saturated rings. The van der Waals surface area contributed by atoms with Crippen molar-refractivity contribution in [2.24, 2.45) is 0 Å². The summed E-state index contributed by atoms with van der Waals surface area (Å²) in [6.45, 7) is -0.527. The summed E-state index contributed by atoms with van der Waals surface area (Å²) in [5, 5.41) is 37.8. The molecular weight excluding hydrogens is 264 g/mol. The van der Waals surface area contributed by atoms with E-state index in [0.29, 0.717) is 0 Å². The summed E-state index contributed by atoms with van der Waals surface area (Å²) in [7, 11) is 0. The quantitative estimate of drug-likeness (QED) is 0.576. The van der Waals surface area contributed by atoms with Crippen LogP contribution in [0.5, 0.6) is 0 Å². The minimum atomic E-state index is -1.19. The van der Waals surface area contributed by atoms with Crippen LogP contribution >= 0.6 is 0 Å². The Labute approximate surface area is 117 Å². The summed E-state index contributed by atoms with van der Waals surface area (Å²) in [5.41, 5.74) is 1.86. The fourth-order valence-corrected chi connectivity index (χ4v) is 2.27. The molecule has 1 aromatic carbocycles. The molecule has 1 aromatic rings. The lowest BCUT2D eigenvalue weighted by atomic mass is 10.0. The van der Waals surface area contributed by atoms with E-state index < -0.39 is 37.6 Å². The van der Waals surface area contributed by atoms with Gasteiger partial charge >= 0.3 is 0 Å². The van der Waals surface area contributed by atoms with Gasteiger partial charge in [-0.2, -0.15) is 0 Å². The molecule has 4 N–H and O–H groups in total. The van der Waals surface area contributed by atoms with Crippen molar-refractivity contribution in [3.63, 3.8) is 0 Å². The molecule has 4 atom stereocenters. The molecular formula is C14H20O6. The zero-order valence-electron chi connectivity index (χ0n) is 11.1. The first-order valence-electron chi connectivity index (χ1n) is 6.55. The standard InChI is InChI=1S/C14H20O6/c15-5-11(17)13-14(12(18)6-16)20-8-10-4-2-1-3-9(10)7-19-13/h1-4,11-18H,5-8H2/t11-,12-,13-,14-/m1/s1. The highest BCUT2D eigenvalue weighted by Crippen LogP contribution is 2.22. The zero-order valence-corrected chi connectivity index (χ0v) is 11.1. The molecule has 0 bridgehead atoms. The van der Waals surface area contributed by atoms with Crippen molar-refractivity contribution in [2.75, 3.05) is 13.2 Å². The number of aliphatic hydroxyl groups excluding tert-OH is 4. The average molecular weight is 284 g/mol. The predicted octanol–water partition coefficient (Wildman–Crippen LogP) is -0.823. The van der Waals surface area contributed by atoms with Crippen LogP contribution in [0, 0.1) is 0 Å². The SMILES string of the molecule is OC[C@@H](O)[C@H]1OCc2ccccc2CO[C@@H]1[C@H](O)CO. The molecule has 0 radical (unpaired) electrons. The number of aliphatic hydroxyl groups is 4. The zero-order chi connectivity index (χ0) is 14.5. The Balaban J connectivity index is 2.22. The highest BCUT2D eigenvalue weighted by molar-refractivity contribution is 5.26. The third-order valence-electron chi connectivity index (χ3n) is 3.44. The van der Waals surface area contributed by atoms with Crippen molar-refractivity contribution in [1.82, 2.24) is 0 Å². The molecule has 112 valence electrons. The van der Waals surface area contributed by atoms with Gasteiger partial charge in [0.25, 0.3) is 0 Å². The highest BCUT2D eigenvalue weighted by Gasteiger charge is 2.36. The lowest BCUT2D eigenvalue weighted by molar-refractivity contribution is -0.182. The molecule has 0 amide bonds. The average Bonchev–Trinajstić information content (AvgIpc) is 2.47. The molecule has 0 unspecified atom stereocenters. The normalized spacial score (nSPS) is 26.2. The van der Waals surface area contributed by atoms with Gasteiger partial charge in [0, 0.05) is 0 Å². The van der Waals surface area contributed by atoms with Crippen molar-refractivity contribution in [2.45, 2.75) is 37.6 Å². The second-order valence-corrected chi connectivity index (χ2v) is 4.82. The van der Waals surface area contributed by atoms with Gasteiger partial charge in [-0.05, 0) is 11.1 Å². The molecule has 1 heterocycles. The molecule has 20 heavy (non-hydrogen) atoms. The molecule has 1 aliphatic heterocycles. The third kappa shape index (κ3) is 3.35. The van der Waals surface area contributed by atoms with Crippen LogP contribution in [0.3, 0.4) is 0 Å². The summed E-state index contributed by atoms with van der Waals surface area (Å²) < 4.78 is 11.2. The van der Waals surface area contributed by atoms with Gasteiger partial charge in [-0.25, -0.2) is 0 Å². The Bertz CT molecular complexity index is 385. The molecule has 0 saturated heterocycles. The Hall–Kier alpha value is -1.02. The van der Waals surface area contributed by atoms with Crippen LogP contribution in [0.25, 0.3) is 0 Å². The molecule has 6 heteroatoms. The summed E-state index contributed by atoms with van der Waals surface area (Å²) in [4.78, 5) is 0. The molecule has 0 saturated carbocycles. The van der Waals surface area contributed by atoms with Crippen LogP contribution in [0.1, 0.15) is 11.1 Å². The van der Waals surface area contributed by atoms with E-state index >= 15 is 0 Å². The van der Waals surface area contributed by atoms with E-state index in [1.165, 1.54) is 0 Å². The second-order valence-electron chi connectivity index (χ2n) is 4.82. The van der Waals surface area contributed by atoms with Crippen molar-refractivity contribution in [1.29, 1.82) is 0 Å². The van der Waals surface area contributed by atoms with Gasteiger partial charge in [-0.15, -0.1) is 0 Å². The second kappa shape index (κ2) is 7.12. The molecule has 2 rings (SSSR count). The van der Waals surface area contributed by atoms with Crippen LogP contribution in [0.15, 0.2) is 24.3 Å². The first kappa shape index (κ1) is 15.4. The van der Waals surface area contributed by atoms with E-state index in [9.17, 15) is 10.2 Å². The predicted molar refractivity (Wildman–Crippen MR) is 69.8 cm³/mol. The topological polar surface area (TPSA) is 99.4 Å². The van der Waals surface area contributed by atoms with Crippen molar-refractivity contribution in [3.05, 3.63) is 35.4 Å². The van der Waals surface area contributed by atoms with Gasteiger partial charge in [0.05, 0.1) is 26.4 Å². The molecule has 0 spiro atoms. The Morgan fingerprint density at radius 2 is 1.30 bits per heavy atom. The summed E-state index contributed by atoms with van der Waals surface area (Å²) in [6, 6.07) is 7.54. The van der Waals surface area contributed by atoms with E-state index in [-0.39, 0.29) is 13.2 Å². The lowest BCUT2D eigenvalue weighted by Gasteiger charge is -2.34. The smallest absolute Gasteiger partial charge is 0.115 e. The van der Waals surface area contributed by atoms with E-state index in [0.717, 1.165) is 11.1 Å². The van der Waals surface area contributed by atoms with Gasteiger partial charge in [-0.1, -0.05) is 24.3 Å². The minimum absolute atomic E-state index is 0.246. The fraction of sp³-hybridized carbons (Fsp3) is 0.571. The van der Waals surface area contributed by atoms with Crippen molar-refractivity contribution < 1.29 is 29.9 Å². The fourth-order valence-electron chi connectivity index (χ4n) is 2.27. The number of hydrogen-bond acceptors (Lipinski definition) is 6. The first-order valence-corrected chi connectivity index (χ1v) is 6.55. The summed E-state index contributed by atoms with van der Waals surface area (Å²) in [6.07, 6.45) is -4.19. The Morgan fingerprint density at radius 3 is 1.65 bits per heavy atom. The van der Waals surface area contributed by atoms with E-state index in [1.54, 1.807) is 0 Å². The Kier molecular flexibility index (Phi) is 5.47. The van der Waals surface area contributed by atoms with E-state index in [4.69, 9.17) is 19.7 Å². The molecule has 0 aliphatic carbocycles. The molecule has 6 nitrogen and oxygen atoms in total. The number of rotatable bonds is 4. The minimum Gasteiger partial charge on any atom is -0.394 e. The van der Waals surface area contributed by atoms with Gasteiger partial charge in [-0.3, -0.25) is 0 Å². The number of hydrogen-bond donors (Lipinski definition) is 4. The number of fused-ring (bicyclic) bond motifs is 1. The molecule has 1 aliphatic rings. The van der Waals surface area contributed by atoms with Crippen LogP contribution in [0.4, 0.5) is 0 Å². The van der Waals surface area contributed by atoms with Gasteiger partial charge in [0.2, 0.25) is 0 Å². The molecule has 0 aromatic heterocycles. The number of ether oxygens (including phenoxy) is 2. The van der Waals surface area contributed by atoms with Gasteiger partial charge in [0.1, 0.15) is 24.4 Å². The summed E-state index contributed by atoms with van der Waals surface area (Å²) in [5.74, 6) is 0. The van der Waals surface area contributed by atoms with E-state index in [1.807, 2.05) is 24.3 Å². The largest absolute Gasteiger partial charge is 0.394 e. The first-order chi connectivity index (χ1) is 9.67. The third-order valence-corrected chi connectivity index (χ3v) is 3.44. The highest BCUT2D eigenvalue weighted by atomic mass is 16.6. The van der Waals surface area contributed by atoms with Crippen molar-refractivity contribution >= 4 is 0 Å². The maximum Gasteiger partial charge on any atom is 0.115 e. The van der Waals surface area contributed by atoms with Gasteiger partial charge in [0.15, 0.2) is 0 Å². The van der Waals surface area contributed by atoms with Crippen LogP contribution < -0.4 is 0 Å². The van der Waals surface area contributed by atoms with Crippen LogP contribution in [-0.4, -0.2) is 58.1 Å². The lowest BCUT2D eigenvalue weighted by Crippen LogP contribution is -2.50. The maximum absolute atomic E-state index is 9.81.